The summed E-state index contributed by atoms with van der Waals surface area (Å²) in [5, 5.41) is 11.8. The molecule has 3 nitrogen and oxygen atoms in total. The molecule has 104 valence electrons. The van der Waals surface area contributed by atoms with Gasteiger partial charge in [0.1, 0.15) is 5.82 Å². The molecule has 0 saturated carbocycles. The molecular formula is C16H16FNO2. The zero-order valence-corrected chi connectivity index (χ0v) is 11.4. The summed E-state index contributed by atoms with van der Waals surface area (Å²) < 4.78 is 13.9. The van der Waals surface area contributed by atoms with Crippen molar-refractivity contribution < 1.29 is 14.3 Å². The molecule has 0 bridgehead atoms. The minimum Gasteiger partial charge on any atom is -0.478 e. The summed E-state index contributed by atoms with van der Waals surface area (Å²) in [5.41, 5.74) is 2.10. The standard InChI is InChI=1S/C16H16FNO2/c1-10(2)12-5-3-4-6-14(12)18-15-8-7-11(16(19)20)9-13(15)17/h3-10,18H,1-2H3,(H,19,20). The van der Waals surface area contributed by atoms with Crippen LogP contribution in [0.4, 0.5) is 15.8 Å². The molecule has 0 aromatic heterocycles. The number of carboxylic acid groups (broad SMARTS) is 1. The van der Waals surface area contributed by atoms with Crippen molar-refractivity contribution in [3.63, 3.8) is 0 Å². The number of rotatable bonds is 4. The zero-order chi connectivity index (χ0) is 14.7. The number of carbonyl (C=O) groups is 1. The molecule has 2 aromatic rings. The van der Waals surface area contributed by atoms with Gasteiger partial charge in [-0.25, -0.2) is 9.18 Å². The van der Waals surface area contributed by atoms with Crippen LogP contribution in [0.25, 0.3) is 0 Å². The number of carboxylic acids is 1. The molecule has 0 saturated heterocycles. The third kappa shape index (κ3) is 2.96. The second-order valence-electron chi connectivity index (χ2n) is 4.87. The largest absolute Gasteiger partial charge is 0.478 e. The summed E-state index contributed by atoms with van der Waals surface area (Å²) >= 11 is 0. The molecule has 0 fully saturated rings. The molecule has 20 heavy (non-hydrogen) atoms. The molecule has 0 radical (unpaired) electrons. The van der Waals surface area contributed by atoms with E-state index in [1.165, 1.54) is 12.1 Å². The Hall–Kier alpha value is -2.36. The normalized spacial score (nSPS) is 10.6. The van der Waals surface area contributed by atoms with Crippen LogP contribution in [0.5, 0.6) is 0 Å². The average molecular weight is 273 g/mol. The maximum Gasteiger partial charge on any atom is 0.335 e. The van der Waals surface area contributed by atoms with Gasteiger partial charge in [-0.05, 0) is 35.7 Å². The first-order chi connectivity index (χ1) is 9.49. The van der Waals surface area contributed by atoms with Gasteiger partial charge in [0, 0.05) is 5.69 Å². The lowest BCUT2D eigenvalue weighted by molar-refractivity contribution is 0.0696. The third-order valence-electron chi connectivity index (χ3n) is 3.07. The van der Waals surface area contributed by atoms with E-state index in [0.29, 0.717) is 5.92 Å². The first-order valence-corrected chi connectivity index (χ1v) is 6.38. The maximum atomic E-state index is 13.9. The predicted octanol–water partition coefficient (Wildman–Crippen LogP) is 4.39. The maximum absolute atomic E-state index is 13.9. The SMILES string of the molecule is CC(C)c1ccccc1Nc1ccc(C(=O)O)cc1F. The smallest absolute Gasteiger partial charge is 0.335 e. The van der Waals surface area contributed by atoms with Crippen molar-refractivity contribution in [3.05, 3.63) is 59.4 Å². The Balaban J connectivity index is 2.33. The predicted molar refractivity (Wildman–Crippen MR) is 77.2 cm³/mol. The fraction of sp³-hybridized carbons (Fsp3) is 0.188. The highest BCUT2D eigenvalue weighted by molar-refractivity contribution is 5.88. The van der Waals surface area contributed by atoms with Crippen molar-refractivity contribution >= 4 is 17.3 Å². The van der Waals surface area contributed by atoms with E-state index < -0.39 is 11.8 Å². The number of aromatic carboxylic acids is 1. The molecule has 0 atom stereocenters. The first kappa shape index (κ1) is 14.1. The number of halogens is 1. The minimum absolute atomic E-state index is 0.0646. The lowest BCUT2D eigenvalue weighted by Gasteiger charge is -2.15. The van der Waals surface area contributed by atoms with Gasteiger partial charge in [-0.1, -0.05) is 32.0 Å². The van der Waals surface area contributed by atoms with Crippen molar-refractivity contribution in [1.82, 2.24) is 0 Å². The molecule has 0 aliphatic heterocycles. The van der Waals surface area contributed by atoms with Gasteiger partial charge < -0.3 is 10.4 Å². The molecule has 2 rings (SSSR count). The highest BCUT2D eigenvalue weighted by Crippen LogP contribution is 2.28. The van der Waals surface area contributed by atoms with E-state index in [1.807, 2.05) is 24.3 Å². The number of hydrogen-bond acceptors (Lipinski definition) is 2. The molecule has 0 heterocycles. The number of nitrogens with one attached hydrogen (secondary N) is 1. The topological polar surface area (TPSA) is 49.3 Å². The van der Waals surface area contributed by atoms with Crippen LogP contribution in [0, 0.1) is 5.82 Å². The molecule has 2 aromatic carbocycles. The van der Waals surface area contributed by atoms with E-state index in [-0.39, 0.29) is 11.3 Å². The fourth-order valence-electron chi connectivity index (χ4n) is 2.01. The monoisotopic (exact) mass is 273 g/mol. The lowest BCUT2D eigenvalue weighted by Crippen LogP contribution is -2.02. The van der Waals surface area contributed by atoms with Gasteiger partial charge in [-0.3, -0.25) is 0 Å². The van der Waals surface area contributed by atoms with E-state index in [9.17, 15) is 9.18 Å². The Morgan fingerprint density at radius 1 is 1.15 bits per heavy atom. The van der Waals surface area contributed by atoms with Gasteiger partial charge in [0.15, 0.2) is 0 Å². The van der Waals surface area contributed by atoms with Crippen LogP contribution < -0.4 is 5.32 Å². The molecule has 0 amide bonds. The highest BCUT2D eigenvalue weighted by atomic mass is 19.1. The fourth-order valence-corrected chi connectivity index (χ4v) is 2.01. The molecule has 0 unspecified atom stereocenters. The van der Waals surface area contributed by atoms with Crippen molar-refractivity contribution in [2.24, 2.45) is 0 Å². The summed E-state index contributed by atoms with van der Waals surface area (Å²) in [6.45, 7) is 4.12. The van der Waals surface area contributed by atoms with Gasteiger partial charge in [0.05, 0.1) is 11.3 Å². The second-order valence-corrected chi connectivity index (χ2v) is 4.87. The van der Waals surface area contributed by atoms with E-state index in [0.717, 1.165) is 17.3 Å². The number of anilines is 2. The molecule has 0 spiro atoms. The van der Waals surface area contributed by atoms with Gasteiger partial charge in [-0.15, -0.1) is 0 Å². The van der Waals surface area contributed by atoms with Crippen molar-refractivity contribution in [3.8, 4) is 0 Å². The number of para-hydroxylation sites is 1. The number of benzene rings is 2. The van der Waals surface area contributed by atoms with Gasteiger partial charge in [0.2, 0.25) is 0 Å². The van der Waals surface area contributed by atoms with Crippen molar-refractivity contribution in [2.75, 3.05) is 5.32 Å². The van der Waals surface area contributed by atoms with Crippen molar-refractivity contribution in [1.29, 1.82) is 0 Å². The summed E-state index contributed by atoms with van der Waals surface area (Å²) in [5.74, 6) is -1.42. The highest BCUT2D eigenvalue weighted by Gasteiger charge is 2.11. The average Bonchev–Trinajstić information content (AvgIpc) is 2.41. The summed E-state index contributed by atoms with van der Waals surface area (Å²) in [4.78, 5) is 10.8. The van der Waals surface area contributed by atoms with E-state index >= 15 is 0 Å². The van der Waals surface area contributed by atoms with Crippen LogP contribution in [0.1, 0.15) is 35.7 Å². The van der Waals surface area contributed by atoms with Crippen LogP contribution in [-0.2, 0) is 0 Å². The van der Waals surface area contributed by atoms with Crippen LogP contribution in [0.15, 0.2) is 42.5 Å². The lowest BCUT2D eigenvalue weighted by atomic mass is 10.0. The first-order valence-electron chi connectivity index (χ1n) is 6.38. The van der Waals surface area contributed by atoms with Gasteiger partial charge in [0.25, 0.3) is 0 Å². The summed E-state index contributed by atoms with van der Waals surface area (Å²) in [6.07, 6.45) is 0. The Morgan fingerprint density at radius 2 is 1.85 bits per heavy atom. The van der Waals surface area contributed by atoms with E-state index in [1.54, 1.807) is 0 Å². The van der Waals surface area contributed by atoms with Crippen LogP contribution in [0.3, 0.4) is 0 Å². The Kier molecular flexibility index (Phi) is 4.03. The van der Waals surface area contributed by atoms with Crippen LogP contribution in [0.2, 0.25) is 0 Å². The van der Waals surface area contributed by atoms with E-state index in [4.69, 9.17) is 5.11 Å². The Morgan fingerprint density at radius 3 is 2.45 bits per heavy atom. The summed E-state index contributed by atoms with van der Waals surface area (Å²) in [7, 11) is 0. The van der Waals surface area contributed by atoms with Crippen molar-refractivity contribution in [2.45, 2.75) is 19.8 Å². The Labute approximate surface area is 117 Å². The summed E-state index contributed by atoms with van der Waals surface area (Å²) in [6, 6.07) is 11.5. The molecule has 4 heteroatoms. The van der Waals surface area contributed by atoms with Gasteiger partial charge >= 0.3 is 5.97 Å². The van der Waals surface area contributed by atoms with E-state index in [2.05, 4.69) is 19.2 Å². The number of hydrogen-bond donors (Lipinski definition) is 2. The minimum atomic E-state index is -1.14. The zero-order valence-electron chi connectivity index (χ0n) is 11.4. The van der Waals surface area contributed by atoms with Gasteiger partial charge in [-0.2, -0.15) is 0 Å². The quantitative estimate of drug-likeness (QED) is 0.868. The molecule has 0 aliphatic rings. The van der Waals surface area contributed by atoms with Crippen LogP contribution in [-0.4, -0.2) is 11.1 Å². The molecule has 2 N–H and O–H groups in total. The Bertz CT molecular complexity index is 638. The second kappa shape index (κ2) is 5.74. The third-order valence-corrected chi connectivity index (χ3v) is 3.07. The van der Waals surface area contributed by atoms with Crippen LogP contribution >= 0.6 is 0 Å². The molecule has 0 aliphatic carbocycles. The molecular weight excluding hydrogens is 257 g/mol.